The number of hydrogen-bond acceptors (Lipinski definition) is 5. The van der Waals surface area contributed by atoms with Gasteiger partial charge in [-0.2, -0.15) is 0 Å². The standard InChI is InChI=1S/C19H30N2O4/c1-21(2)12-13-8-6-7-9-15(13)20-19(22)14-10-16(23-3)18(25-5)17(11-14)24-4/h10-11,13,15H,6-9,12H2,1-5H3,(H,20,22). The van der Waals surface area contributed by atoms with Gasteiger partial charge in [0.2, 0.25) is 5.75 Å². The lowest BCUT2D eigenvalue weighted by atomic mass is 9.84. The van der Waals surface area contributed by atoms with Crippen molar-refractivity contribution in [1.82, 2.24) is 10.2 Å². The average Bonchev–Trinajstić information content (AvgIpc) is 2.61. The summed E-state index contributed by atoms with van der Waals surface area (Å²) < 4.78 is 16.0. The molecule has 1 saturated carbocycles. The molecule has 2 unspecified atom stereocenters. The van der Waals surface area contributed by atoms with Crippen LogP contribution in [0.5, 0.6) is 17.2 Å². The van der Waals surface area contributed by atoms with E-state index in [1.54, 1.807) is 33.5 Å². The predicted molar refractivity (Wildman–Crippen MR) is 97.9 cm³/mol. The van der Waals surface area contributed by atoms with E-state index in [-0.39, 0.29) is 11.9 Å². The third-order valence-electron chi connectivity index (χ3n) is 4.75. The molecule has 2 atom stereocenters. The quantitative estimate of drug-likeness (QED) is 0.819. The van der Waals surface area contributed by atoms with Gasteiger partial charge in [0, 0.05) is 18.2 Å². The molecule has 6 heteroatoms. The van der Waals surface area contributed by atoms with Gasteiger partial charge >= 0.3 is 0 Å². The monoisotopic (exact) mass is 350 g/mol. The fourth-order valence-corrected chi connectivity index (χ4v) is 3.55. The second kappa shape index (κ2) is 8.94. The van der Waals surface area contributed by atoms with Crippen molar-refractivity contribution in [3.8, 4) is 17.2 Å². The van der Waals surface area contributed by atoms with Crippen LogP contribution in [0.4, 0.5) is 0 Å². The van der Waals surface area contributed by atoms with E-state index in [1.165, 1.54) is 6.42 Å². The number of benzene rings is 1. The topological polar surface area (TPSA) is 60.0 Å². The normalized spacial score (nSPS) is 20.2. The van der Waals surface area contributed by atoms with Gasteiger partial charge in [-0.1, -0.05) is 12.8 Å². The van der Waals surface area contributed by atoms with Gasteiger partial charge in [-0.15, -0.1) is 0 Å². The van der Waals surface area contributed by atoms with Crippen molar-refractivity contribution in [2.75, 3.05) is 42.0 Å². The van der Waals surface area contributed by atoms with Crippen molar-refractivity contribution >= 4 is 5.91 Å². The average molecular weight is 350 g/mol. The van der Waals surface area contributed by atoms with Gasteiger partial charge < -0.3 is 24.4 Å². The first-order chi connectivity index (χ1) is 12.0. The molecule has 1 aliphatic rings. The molecule has 1 aliphatic carbocycles. The summed E-state index contributed by atoms with van der Waals surface area (Å²) >= 11 is 0. The van der Waals surface area contributed by atoms with E-state index in [0.29, 0.717) is 28.7 Å². The molecule has 1 N–H and O–H groups in total. The smallest absolute Gasteiger partial charge is 0.251 e. The number of rotatable bonds is 7. The summed E-state index contributed by atoms with van der Waals surface area (Å²) in [4.78, 5) is 15.0. The van der Waals surface area contributed by atoms with E-state index in [2.05, 4.69) is 24.3 Å². The van der Waals surface area contributed by atoms with Crippen LogP contribution in [0.25, 0.3) is 0 Å². The van der Waals surface area contributed by atoms with Crippen LogP contribution in [0.15, 0.2) is 12.1 Å². The van der Waals surface area contributed by atoms with Crippen LogP contribution in [-0.4, -0.2) is 58.8 Å². The molecule has 0 bridgehead atoms. The Bertz CT molecular complexity index is 564. The highest BCUT2D eigenvalue weighted by atomic mass is 16.5. The van der Waals surface area contributed by atoms with E-state index in [4.69, 9.17) is 14.2 Å². The lowest BCUT2D eigenvalue weighted by Gasteiger charge is -2.34. The number of ether oxygens (including phenoxy) is 3. The summed E-state index contributed by atoms with van der Waals surface area (Å²) in [6.07, 6.45) is 4.56. The van der Waals surface area contributed by atoms with E-state index in [0.717, 1.165) is 25.8 Å². The highest BCUT2D eigenvalue weighted by Gasteiger charge is 2.28. The van der Waals surface area contributed by atoms with E-state index < -0.39 is 0 Å². The van der Waals surface area contributed by atoms with Crippen LogP contribution in [0, 0.1) is 5.92 Å². The molecule has 2 rings (SSSR count). The minimum atomic E-state index is -0.102. The maximum absolute atomic E-state index is 12.8. The Labute approximate surface area is 150 Å². The zero-order chi connectivity index (χ0) is 18.4. The van der Waals surface area contributed by atoms with Gasteiger partial charge in [0.05, 0.1) is 21.3 Å². The number of nitrogens with zero attached hydrogens (tertiary/aromatic N) is 1. The molecule has 0 heterocycles. The van der Waals surface area contributed by atoms with Crippen LogP contribution < -0.4 is 19.5 Å². The van der Waals surface area contributed by atoms with E-state index in [1.807, 2.05) is 0 Å². The largest absolute Gasteiger partial charge is 0.493 e. The van der Waals surface area contributed by atoms with Crippen molar-refractivity contribution in [3.63, 3.8) is 0 Å². The predicted octanol–water partition coefficient (Wildman–Crippen LogP) is 2.56. The number of carbonyl (C=O) groups is 1. The van der Waals surface area contributed by atoms with Crippen molar-refractivity contribution in [2.24, 2.45) is 5.92 Å². The molecule has 0 spiro atoms. The molecule has 1 fully saturated rings. The number of carbonyl (C=O) groups excluding carboxylic acids is 1. The fourth-order valence-electron chi connectivity index (χ4n) is 3.55. The van der Waals surface area contributed by atoms with Gasteiger partial charge in [-0.3, -0.25) is 4.79 Å². The van der Waals surface area contributed by atoms with E-state index >= 15 is 0 Å². The second-order valence-electron chi connectivity index (χ2n) is 6.80. The lowest BCUT2D eigenvalue weighted by molar-refractivity contribution is 0.0894. The molecule has 6 nitrogen and oxygen atoms in total. The Morgan fingerprint density at radius 2 is 1.68 bits per heavy atom. The minimum Gasteiger partial charge on any atom is -0.493 e. The van der Waals surface area contributed by atoms with Crippen LogP contribution in [0.3, 0.4) is 0 Å². The first-order valence-electron chi connectivity index (χ1n) is 8.75. The van der Waals surface area contributed by atoms with Crippen LogP contribution in [0.1, 0.15) is 36.0 Å². The molecule has 25 heavy (non-hydrogen) atoms. The maximum Gasteiger partial charge on any atom is 0.251 e. The molecule has 0 aliphatic heterocycles. The fraction of sp³-hybridized carbons (Fsp3) is 0.632. The van der Waals surface area contributed by atoms with E-state index in [9.17, 15) is 4.79 Å². The number of methoxy groups -OCH3 is 3. The van der Waals surface area contributed by atoms with Crippen molar-refractivity contribution in [3.05, 3.63) is 17.7 Å². The molecule has 0 radical (unpaired) electrons. The molecule has 140 valence electrons. The Balaban J connectivity index is 2.19. The highest BCUT2D eigenvalue weighted by Crippen LogP contribution is 2.38. The maximum atomic E-state index is 12.8. The van der Waals surface area contributed by atoms with Gasteiger partial charge in [0.1, 0.15) is 0 Å². The number of nitrogens with one attached hydrogen (secondary N) is 1. The number of amides is 1. The Morgan fingerprint density at radius 3 is 2.20 bits per heavy atom. The third kappa shape index (κ3) is 4.78. The lowest BCUT2D eigenvalue weighted by Crippen LogP contribution is -2.45. The highest BCUT2D eigenvalue weighted by molar-refractivity contribution is 5.95. The molecule has 0 saturated heterocycles. The first-order valence-corrected chi connectivity index (χ1v) is 8.75. The van der Waals surface area contributed by atoms with Crippen molar-refractivity contribution < 1.29 is 19.0 Å². The molecular weight excluding hydrogens is 320 g/mol. The van der Waals surface area contributed by atoms with Crippen molar-refractivity contribution in [2.45, 2.75) is 31.7 Å². The molecular formula is C19H30N2O4. The summed E-state index contributed by atoms with van der Waals surface area (Å²) in [6, 6.07) is 3.59. The minimum absolute atomic E-state index is 0.102. The van der Waals surface area contributed by atoms with Crippen LogP contribution >= 0.6 is 0 Å². The zero-order valence-electron chi connectivity index (χ0n) is 15.9. The van der Waals surface area contributed by atoms with Gasteiger partial charge in [0.15, 0.2) is 11.5 Å². The summed E-state index contributed by atoms with van der Waals surface area (Å²) in [5.41, 5.74) is 0.517. The summed E-state index contributed by atoms with van der Waals surface area (Å²) in [5.74, 6) is 1.84. The van der Waals surface area contributed by atoms with Crippen molar-refractivity contribution in [1.29, 1.82) is 0 Å². The summed E-state index contributed by atoms with van der Waals surface area (Å²) in [5, 5.41) is 3.21. The second-order valence-corrected chi connectivity index (χ2v) is 6.80. The first kappa shape index (κ1) is 19.4. The molecule has 1 aromatic carbocycles. The third-order valence-corrected chi connectivity index (χ3v) is 4.75. The zero-order valence-corrected chi connectivity index (χ0v) is 15.9. The molecule has 0 aromatic heterocycles. The Morgan fingerprint density at radius 1 is 1.08 bits per heavy atom. The van der Waals surface area contributed by atoms with Gasteiger partial charge in [0.25, 0.3) is 5.91 Å². The SMILES string of the molecule is COc1cc(C(=O)NC2CCCCC2CN(C)C)cc(OC)c1OC. The van der Waals surface area contributed by atoms with Crippen LogP contribution in [0.2, 0.25) is 0 Å². The van der Waals surface area contributed by atoms with Gasteiger partial charge in [-0.05, 0) is 45.0 Å². The number of hydrogen-bond donors (Lipinski definition) is 1. The summed E-state index contributed by atoms with van der Waals surface area (Å²) in [6.45, 7) is 0.986. The van der Waals surface area contributed by atoms with Crippen LogP contribution in [-0.2, 0) is 0 Å². The molecule has 1 amide bonds. The van der Waals surface area contributed by atoms with Gasteiger partial charge in [-0.25, -0.2) is 0 Å². The Kier molecular flexibility index (Phi) is 6.93. The summed E-state index contributed by atoms with van der Waals surface area (Å²) in [7, 11) is 8.80. The Hall–Kier alpha value is -1.95. The molecule has 1 aromatic rings.